The van der Waals surface area contributed by atoms with Gasteiger partial charge in [0.2, 0.25) is 0 Å². The van der Waals surface area contributed by atoms with E-state index in [2.05, 4.69) is 0 Å². The van der Waals surface area contributed by atoms with Gasteiger partial charge in [-0.2, -0.15) is 8.78 Å². The van der Waals surface area contributed by atoms with Crippen molar-refractivity contribution in [3.63, 3.8) is 0 Å². The largest absolute Gasteiger partial charge is 0.496 e. The van der Waals surface area contributed by atoms with Crippen LogP contribution in [-0.4, -0.2) is 18.7 Å². The van der Waals surface area contributed by atoms with E-state index in [1.807, 2.05) is 0 Å². The predicted octanol–water partition coefficient (Wildman–Crippen LogP) is 5.05. The van der Waals surface area contributed by atoms with Gasteiger partial charge in [-0.1, -0.05) is 30.0 Å². The summed E-state index contributed by atoms with van der Waals surface area (Å²) in [6.45, 7) is 0. The van der Waals surface area contributed by atoms with Crippen LogP contribution in [0.1, 0.15) is 15.9 Å². The molecule has 0 radical (unpaired) electrons. The van der Waals surface area contributed by atoms with Crippen LogP contribution in [0.3, 0.4) is 0 Å². The lowest BCUT2D eigenvalue weighted by molar-refractivity contribution is 0.104. The molecular formula is C17H13F3O2S. The van der Waals surface area contributed by atoms with E-state index in [4.69, 9.17) is 4.74 Å². The van der Waals surface area contributed by atoms with Crippen molar-refractivity contribution in [2.24, 2.45) is 0 Å². The van der Waals surface area contributed by atoms with Gasteiger partial charge in [-0.15, -0.1) is 0 Å². The van der Waals surface area contributed by atoms with Gasteiger partial charge in [0, 0.05) is 5.56 Å². The van der Waals surface area contributed by atoms with Crippen molar-refractivity contribution in [3.05, 3.63) is 65.5 Å². The Bertz CT molecular complexity index is 730. The number of hydrogen-bond donors (Lipinski definition) is 0. The van der Waals surface area contributed by atoms with Crippen LogP contribution in [0.15, 0.2) is 53.4 Å². The second-order valence-electron chi connectivity index (χ2n) is 4.50. The molecule has 0 bridgehead atoms. The Balaban J connectivity index is 2.19. The Kier molecular flexibility index (Phi) is 5.87. The maximum absolute atomic E-state index is 13.1. The van der Waals surface area contributed by atoms with Crippen molar-refractivity contribution < 1.29 is 22.7 Å². The average Bonchev–Trinajstić information content (AvgIpc) is 2.52. The molecular weight excluding hydrogens is 325 g/mol. The third-order valence-electron chi connectivity index (χ3n) is 2.94. The third kappa shape index (κ3) is 4.89. The number of thioether (sulfide) groups is 1. The van der Waals surface area contributed by atoms with E-state index in [1.165, 1.54) is 49.6 Å². The van der Waals surface area contributed by atoms with Crippen LogP contribution in [0.5, 0.6) is 5.75 Å². The lowest BCUT2D eigenvalue weighted by Gasteiger charge is -2.08. The Morgan fingerprint density at radius 2 is 2.00 bits per heavy atom. The summed E-state index contributed by atoms with van der Waals surface area (Å²) in [5, 5.41) is 0. The maximum atomic E-state index is 13.1. The zero-order valence-corrected chi connectivity index (χ0v) is 12.9. The second kappa shape index (κ2) is 7.87. The molecule has 0 spiro atoms. The molecule has 6 heteroatoms. The number of ketones is 1. The van der Waals surface area contributed by atoms with Crippen molar-refractivity contribution >= 4 is 23.6 Å². The maximum Gasteiger partial charge on any atom is 0.289 e. The van der Waals surface area contributed by atoms with Crippen molar-refractivity contribution in [3.8, 4) is 5.75 Å². The topological polar surface area (TPSA) is 26.3 Å². The Hall–Kier alpha value is -2.21. The number of carbonyl (C=O) groups is 1. The molecule has 0 aliphatic rings. The van der Waals surface area contributed by atoms with Crippen LogP contribution in [0.4, 0.5) is 13.2 Å². The van der Waals surface area contributed by atoms with E-state index in [0.29, 0.717) is 22.9 Å². The fraction of sp³-hybridized carbons (Fsp3) is 0.118. The Labute approximate surface area is 136 Å². The molecule has 0 amide bonds. The van der Waals surface area contributed by atoms with Gasteiger partial charge in [-0.05, 0) is 42.0 Å². The summed E-state index contributed by atoms with van der Waals surface area (Å²) in [4.78, 5) is 12.4. The van der Waals surface area contributed by atoms with Gasteiger partial charge in [0.25, 0.3) is 5.76 Å². The van der Waals surface area contributed by atoms with Gasteiger partial charge in [0.1, 0.15) is 11.6 Å². The smallest absolute Gasteiger partial charge is 0.289 e. The second-order valence-corrected chi connectivity index (χ2v) is 5.53. The SMILES string of the molecule is COc1cc(C(=O)C=Cc2cccc(F)c2)ccc1SC(F)F. The number of halogens is 3. The molecule has 0 unspecified atom stereocenters. The van der Waals surface area contributed by atoms with Crippen molar-refractivity contribution in [2.75, 3.05) is 7.11 Å². The summed E-state index contributed by atoms with van der Waals surface area (Å²) in [5.74, 6) is -3.09. The lowest BCUT2D eigenvalue weighted by Crippen LogP contribution is -1.97. The van der Waals surface area contributed by atoms with Gasteiger partial charge < -0.3 is 4.74 Å². The fourth-order valence-corrected chi connectivity index (χ4v) is 2.49. The number of benzene rings is 2. The fourth-order valence-electron chi connectivity index (χ4n) is 1.89. The van der Waals surface area contributed by atoms with Gasteiger partial charge in [-0.25, -0.2) is 4.39 Å². The normalized spacial score (nSPS) is 11.2. The molecule has 0 saturated carbocycles. The van der Waals surface area contributed by atoms with Crippen molar-refractivity contribution in [1.82, 2.24) is 0 Å². The first-order chi connectivity index (χ1) is 11.0. The third-order valence-corrected chi connectivity index (χ3v) is 3.71. The average molecular weight is 338 g/mol. The van der Waals surface area contributed by atoms with E-state index in [-0.39, 0.29) is 16.4 Å². The molecule has 2 aromatic carbocycles. The predicted molar refractivity (Wildman–Crippen MR) is 84.6 cm³/mol. The van der Waals surface area contributed by atoms with E-state index in [1.54, 1.807) is 12.1 Å². The highest BCUT2D eigenvalue weighted by atomic mass is 32.2. The van der Waals surface area contributed by atoms with Crippen LogP contribution in [0, 0.1) is 5.82 Å². The molecule has 0 N–H and O–H groups in total. The van der Waals surface area contributed by atoms with Crippen molar-refractivity contribution in [2.45, 2.75) is 10.7 Å². The molecule has 23 heavy (non-hydrogen) atoms. The molecule has 0 atom stereocenters. The minimum absolute atomic E-state index is 0.209. The first-order valence-electron chi connectivity index (χ1n) is 6.60. The van der Waals surface area contributed by atoms with E-state index < -0.39 is 11.6 Å². The summed E-state index contributed by atoms with van der Waals surface area (Å²) in [6.07, 6.45) is 2.78. The number of carbonyl (C=O) groups excluding carboxylic acids is 1. The summed E-state index contributed by atoms with van der Waals surface area (Å²) in [5.41, 5.74) is 0.850. The molecule has 120 valence electrons. The first kappa shape index (κ1) is 17.1. The van der Waals surface area contributed by atoms with Crippen LogP contribution in [-0.2, 0) is 0 Å². The minimum atomic E-state index is -2.57. The van der Waals surface area contributed by atoms with Gasteiger partial charge in [0.05, 0.1) is 12.0 Å². The molecule has 0 aliphatic carbocycles. The molecule has 2 aromatic rings. The number of alkyl halides is 2. The van der Waals surface area contributed by atoms with E-state index >= 15 is 0 Å². The summed E-state index contributed by atoms with van der Waals surface area (Å²) >= 11 is 0.353. The van der Waals surface area contributed by atoms with Crippen LogP contribution >= 0.6 is 11.8 Å². The molecule has 0 saturated heterocycles. The summed E-state index contributed by atoms with van der Waals surface area (Å²) in [6, 6.07) is 10.1. The highest BCUT2D eigenvalue weighted by Gasteiger charge is 2.13. The van der Waals surface area contributed by atoms with E-state index in [9.17, 15) is 18.0 Å². The highest BCUT2D eigenvalue weighted by molar-refractivity contribution is 7.99. The number of hydrogen-bond acceptors (Lipinski definition) is 3. The van der Waals surface area contributed by atoms with Crippen LogP contribution in [0.25, 0.3) is 6.08 Å². The van der Waals surface area contributed by atoms with Crippen LogP contribution in [0.2, 0.25) is 0 Å². The molecule has 0 aliphatic heterocycles. The first-order valence-corrected chi connectivity index (χ1v) is 7.48. The van der Waals surface area contributed by atoms with Gasteiger partial charge in [0.15, 0.2) is 5.78 Å². The zero-order valence-electron chi connectivity index (χ0n) is 12.1. The molecule has 0 fully saturated rings. The Morgan fingerprint density at radius 3 is 2.65 bits per heavy atom. The van der Waals surface area contributed by atoms with Crippen molar-refractivity contribution in [1.29, 1.82) is 0 Å². The number of methoxy groups -OCH3 is 1. The molecule has 2 rings (SSSR count). The van der Waals surface area contributed by atoms with Crippen LogP contribution < -0.4 is 4.74 Å². The zero-order chi connectivity index (χ0) is 16.8. The number of rotatable bonds is 6. The number of ether oxygens (including phenoxy) is 1. The summed E-state index contributed by atoms with van der Waals surface area (Å²) in [7, 11) is 1.35. The van der Waals surface area contributed by atoms with E-state index in [0.717, 1.165) is 0 Å². The molecule has 0 heterocycles. The monoisotopic (exact) mass is 338 g/mol. The van der Waals surface area contributed by atoms with Gasteiger partial charge in [-0.3, -0.25) is 4.79 Å². The highest BCUT2D eigenvalue weighted by Crippen LogP contribution is 2.34. The molecule has 0 aromatic heterocycles. The number of allylic oxidation sites excluding steroid dienone is 1. The standard InChI is InChI=1S/C17H13F3O2S/c1-22-15-10-12(6-8-16(15)23-17(19)20)14(21)7-5-11-3-2-4-13(18)9-11/h2-10,17H,1H3. The molecule has 2 nitrogen and oxygen atoms in total. The van der Waals surface area contributed by atoms with Gasteiger partial charge >= 0.3 is 0 Å². The quantitative estimate of drug-likeness (QED) is 0.419. The lowest BCUT2D eigenvalue weighted by atomic mass is 10.1. The summed E-state index contributed by atoms with van der Waals surface area (Å²) < 4.78 is 43.0. The minimum Gasteiger partial charge on any atom is -0.496 e. The Morgan fingerprint density at radius 1 is 1.22 bits per heavy atom.